The highest BCUT2D eigenvalue weighted by atomic mass is 79.9. The normalized spacial score (nSPS) is 26.4. The molecule has 2 rings (SSSR count). The van der Waals surface area contributed by atoms with Gasteiger partial charge in [0.2, 0.25) is 0 Å². The number of halogens is 2. The number of nitrogens with two attached hydrogens (primary N) is 1. The van der Waals surface area contributed by atoms with Crippen LogP contribution in [0, 0.1) is 11.8 Å². The fourth-order valence-corrected chi connectivity index (χ4v) is 4.16. The number of rotatable bonds is 3. The Labute approximate surface area is 129 Å². The number of hydrogen-bond acceptors (Lipinski definition) is 2. The number of likely N-dealkylation sites (tertiary alicyclic amines) is 1. The largest absolute Gasteiger partial charge is 0.329 e. The van der Waals surface area contributed by atoms with Crippen molar-refractivity contribution in [1.29, 1.82) is 0 Å². The second kappa shape index (κ2) is 6.57. The smallest absolute Gasteiger partial charge is 0.0481 e. The van der Waals surface area contributed by atoms with Crippen molar-refractivity contribution >= 4 is 27.5 Å². The van der Waals surface area contributed by atoms with Crippen molar-refractivity contribution in [2.75, 3.05) is 19.6 Å². The Hall–Kier alpha value is -0.0900. The van der Waals surface area contributed by atoms with Crippen molar-refractivity contribution in [3.63, 3.8) is 0 Å². The highest BCUT2D eigenvalue weighted by Gasteiger charge is 2.28. The summed E-state index contributed by atoms with van der Waals surface area (Å²) >= 11 is 9.64. The van der Waals surface area contributed by atoms with Crippen LogP contribution in [-0.4, -0.2) is 24.5 Å². The molecule has 106 valence electrons. The van der Waals surface area contributed by atoms with Crippen LogP contribution in [0.5, 0.6) is 0 Å². The predicted octanol–water partition coefficient (Wildman–Crippen LogP) is 4.08. The Morgan fingerprint density at radius 1 is 1.37 bits per heavy atom. The quantitative estimate of drug-likeness (QED) is 0.894. The van der Waals surface area contributed by atoms with E-state index in [0.29, 0.717) is 6.54 Å². The summed E-state index contributed by atoms with van der Waals surface area (Å²) in [6.07, 6.45) is 1.32. The highest BCUT2D eigenvalue weighted by molar-refractivity contribution is 9.10. The summed E-state index contributed by atoms with van der Waals surface area (Å²) < 4.78 is 1.06. The third kappa shape index (κ3) is 3.72. The van der Waals surface area contributed by atoms with E-state index in [4.69, 9.17) is 17.3 Å². The van der Waals surface area contributed by atoms with E-state index in [-0.39, 0.29) is 6.04 Å². The minimum Gasteiger partial charge on any atom is -0.329 e. The second-order valence-electron chi connectivity index (χ2n) is 5.82. The molecule has 0 aliphatic carbocycles. The molecule has 2 nitrogen and oxygen atoms in total. The minimum absolute atomic E-state index is 0.275. The van der Waals surface area contributed by atoms with Gasteiger partial charge in [0, 0.05) is 35.2 Å². The van der Waals surface area contributed by atoms with E-state index in [9.17, 15) is 0 Å². The molecule has 1 aromatic carbocycles. The average molecular weight is 346 g/mol. The van der Waals surface area contributed by atoms with Gasteiger partial charge in [-0.1, -0.05) is 47.4 Å². The minimum atomic E-state index is 0.275. The Morgan fingerprint density at radius 2 is 2.00 bits per heavy atom. The number of benzene rings is 1. The SMILES string of the molecule is CC1CC(C)CN(C(CN)c2ccc(Cl)cc2Br)C1. The molecule has 1 saturated heterocycles. The first-order valence-corrected chi connectivity index (χ1v) is 8.07. The fraction of sp³-hybridized carbons (Fsp3) is 0.600. The van der Waals surface area contributed by atoms with Crippen LogP contribution in [0.1, 0.15) is 31.9 Å². The molecule has 3 unspecified atom stereocenters. The molecule has 1 aliphatic heterocycles. The molecule has 4 heteroatoms. The fourth-order valence-electron chi connectivity index (χ4n) is 3.21. The summed E-state index contributed by atoms with van der Waals surface area (Å²) in [7, 11) is 0. The monoisotopic (exact) mass is 344 g/mol. The van der Waals surface area contributed by atoms with Crippen LogP contribution >= 0.6 is 27.5 Å². The molecule has 0 bridgehead atoms. The van der Waals surface area contributed by atoms with Crippen LogP contribution < -0.4 is 5.73 Å². The van der Waals surface area contributed by atoms with Gasteiger partial charge >= 0.3 is 0 Å². The van der Waals surface area contributed by atoms with Crippen molar-refractivity contribution < 1.29 is 0 Å². The molecule has 1 fully saturated rings. The molecule has 1 heterocycles. The molecule has 0 aromatic heterocycles. The molecule has 2 N–H and O–H groups in total. The predicted molar refractivity (Wildman–Crippen MR) is 85.5 cm³/mol. The van der Waals surface area contributed by atoms with Gasteiger partial charge in [-0.05, 0) is 36.0 Å². The van der Waals surface area contributed by atoms with Gasteiger partial charge in [0.1, 0.15) is 0 Å². The van der Waals surface area contributed by atoms with Crippen LogP contribution in [0.4, 0.5) is 0 Å². The third-order valence-electron chi connectivity index (χ3n) is 3.88. The third-order valence-corrected chi connectivity index (χ3v) is 4.80. The summed E-state index contributed by atoms with van der Waals surface area (Å²) in [6, 6.07) is 6.27. The van der Waals surface area contributed by atoms with E-state index >= 15 is 0 Å². The number of hydrogen-bond donors (Lipinski definition) is 1. The summed E-state index contributed by atoms with van der Waals surface area (Å²) in [4.78, 5) is 2.52. The van der Waals surface area contributed by atoms with Crippen LogP contribution in [0.3, 0.4) is 0 Å². The zero-order chi connectivity index (χ0) is 14.0. The molecule has 0 saturated carbocycles. The first kappa shape index (κ1) is 15.3. The van der Waals surface area contributed by atoms with Gasteiger partial charge in [-0.25, -0.2) is 0 Å². The molecule has 0 amide bonds. The van der Waals surface area contributed by atoms with Crippen molar-refractivity contribution in [2.45, 2.75) is 26.3 Å². The van der Waals surface area contributed by atoms with Crippen molar-refractivity contribution in [3.8, 4) is 0 Å². The van der Waals surface area contributed by atoms with Gasteiger partial charge < -0.3 is 5.73 Å². The molecule has 3 atom stereocenters. The maximum Gasteiger partial charge on any atom is 0.0481 e. The molecule has 1 aliphatic rings. The molecular weight excluding hydrogens is 324 g/mol. The van der Waals surface area contributed by atoms with Gasteiger partial charge in [-0.15, -0.1) is 0 Å². The van der Waals surface area contributed by atoms with Gasteiger partial charge in [-0.3, -0.25) is 4.90 Å². The van der Waals surface area contributed by atoms with Crippen molar-refractivity contribution in [1.82, 2.24) is 4.90 Å². The molecule has 0 spiro atoms. The Kier molecular flexibility index (Phi) is 5.29. The van der Waals surface area contributed by atoms with Gasteiger partial charge in [0.15, 0.2) is 0 Å². The lowest BCUT2D eigenvalue weighted by Gasteiger charge is -2.40. The molecule has 19 heavy (non-hydrogen) atoms. The lowest BCUT2D eigenvalue weighted by atomic mass is 9.89. The van der Waals surface area contributed by atoms with E-state index in [2.05, 4.69) is 40.7 Å². The summed E-state index contributed by atoms with van der Waals surface area (Å²) in [5.41, 5.74) is 7.28. The first-order valence-electron chi connectivity index (χ1n) is 6.90. The van der Waals surface area contributed by atoms with Crippen LogP contribution in [-0.2, 0) is 0 Å². The first-order chi connectivity index (χ1) is 9.01. The van der Waals surface area contributed by atoms with Crippen LogP contribution in [0.2, 0.25) is 5.02 Å². The molecule has 1 aromatic rings. The maximum atomic E-state index is 6.04. The van der Waals surface area contributed by atoms with Crippen LogP contribution in [0.25, 0.3) is 0 Å². The maximum absolute atomic E-state index is 6.04. The van der Waals surface area contributed by atoms with E-state index in [1.165, 1.54) is 12.0 Å². The van der Waals surface area contributed by atoms with Gasteiger partial charge in [0.05, 0.1) is 0 Å². The molecular formula is C15H22BrClN2. The Bertz CT molecular complexity index is 428. The zero-order valence-corrected chi connectivity index (χ0v) is 13.9. The summed E-state index contributed by atoms with van der Waals surface area (Å²) in [5.74, 6) is 1.48. The van der Waals surface area contributed by atoms with Crippen LogP contribution in [0.15, 0.2) is 22.7 Å². The van der Waals surface area contributed by atoms with E-state index in [0.717, 1.165) is 34.4 Å². The number of piperidine rings is 1. The Morgan fingerprint density at radius 3 is 2.53 bits per heavy atom. The lowest BCUT2D eigenvalue weighted by Crippen LogP contribution is -2.43. The highest BCUT2D eigenvalue weighted by Crippen LogP contribution is 2.33. The average Bonchev–Trinajstić information content (AvgIpc) is 2.31. The zero-order valence-electron chi connectivity index (χ0n) is 11.6. The van der Waals surface area contributed by atoms with E-state index < -0.39 is 0 Å². The standard InChI is InChI=1S/C15H22BrClN2/c1-10-5-11(2)9-19(8-10)15(7-18)13-4-3-12(17)6-14(13)16/h3-4,6,10-11,15H,5,7-9,18H2,1-2H3. The van der Waals surface area contributed by atoms with E-state index in [1.54, 1.807) is 0 Å². The van der Waals surface area contributed by atoms with E-state index in [1.807, 2.05) is 12.1 Å². The lowest BCUT2D eigenvalue weighted by molar-refractivity contribution is 0.0981. The number of nitrogens with zero attached hydrogens (tertiary/aromatic N) is 1. The summed E-state index contributed by atoms with van der Waals surface area (Å²) in [6.45, 7) is 7.54. The molecule has 0 radical (unpaired) electrons. The topological polar surface area (TPSA) is 29.3 Å². The summed E-state index contributed by atoms with van der Waals surface area (Å²) in [5, 5.41) is 0.756. The van der Waals surface area contributed by atoms with Crippen molar-refractivity contribution in [2.24, 2.45) is 17.6 Å². The van der Waals surface area contributed by atoms with Gasteiger partial charge in [-0.2, -0.15) is 0 Å². The second-order valence-corrected chi connectivity index (χ2v) is 7.11. The van der Waals surface area contributed by atoms with Gasteiger partial charge in [0.25, 0.3) is 0 Å². The Balaban J connectivity index is 2.23. The van der Waals surface area contributed by atoms with Crippen molar-refractivity contribution in [3.05, 3.63) is 33.3 Å².